The summed E-state index contributed by atoms with van der Waals surface area (Å²) in [5.41, 5.74) is 6.89. The Balaban J connectivity index is 0.00000288. The number of rotatable bonds is 3. The fourth-order valence-electron chi connectivity index (χ4n) is 2.35. The molecule has 8 heteroatoms. The second kappa shape index (κ2) is 8.07. The van der Waals surface area contributed by atoms with Crippen molar-refractivity contribution < 1.29 is 9.53 Å². The van der Waals surface area contributed by atoms with Gasteiger partial charge in [0.15, 0.2) is 5.17 Å². The summed E-state index contributed by atoms with van der Waals surface area (Å²) < 4.78 is 5.12. The van der Waals surface area contributed by atoms with E-state index in [2.05, 4.69) is 20.5 Å². The predicted molar refractivity (Wildman–Crippen MR) is 103 cm³/mol. The number of aryl methyl sites for hydroxylation is 1. The topological polar surface area (TPSA) is 78.8 Å². The number of amidine groups is 1. The Bertz CT molecular complexity index is 674. The number of carbonyl (C=O) groups is 1. The molecule has 0 aromatic carbocycles. The number of hydrogen-bond donors (Lipinski definition) is 2. The predicted octanol–water partition coefficient (Wildman–Crippen LogP) is 3.43. The summed E-state index contributed by atoms with van der Waals surface area (Å²) in [6, 6.07) is 0. The molecule has 0 aliphatic carbocycles. The van der Waals surface area contributed by atoms with Gasteiger partial charge in [0.05, 0.1) is 29.1 Å². The summed E-state index contributed by atoms with van der Waals surface area (Å²) >= 11 is 1.61. The van der Waals surface area contributed by atoms with E-state index in [-0.39, 0.29) is 23.9 Å². The van der Waals surface area contributed by atoms with Crippen LogP contribution < -0.4 is 5.43 Å². The molecule has 2 N–H and O–H groups in total. The average molecular weight is 373 g/mol. The summed E-state index contributed by atoms with van der Waals surface area (Å²) in [6.07, 6.45) is 0. The minimum atomic E-state index is -0.294. The molecule has 0 amide bonds. The third kappa shape index (κ3) is 4.77. The van der Waals surface area contributed by atoms with E-state index in [1.165, 1.54) is 0 Å². The smallest absolute Gasteiger partial charge is 0.340 e. The number of nitrogens with zero attached hydrogens (tertiary/aromatic N) is 2. The summed E-state index contributed by atoms with van der Waals surface area (Å²) in [4.78, 5) is 19.9. The molecular formula is C16H25ClN4O2S. The number of hydrogen-bond acceptors (Lipinski definition) is 5. The van der Waals surface area contributed by atoms with Crippen molar-refractivity contribution in [1.29, 1.82) is 0 Å². The Morgan fingerprint density at radius 1 is 1.38 bits per heavy atom. The number of carbonyl (C=O) groups excluding carboxylic acids is 1. The van der Waals surface area contributed by atoms with Gasteiger partial charge in [0, 0.05) is 11.4 Å². The molecule has 0 saturated carbocycles. The first-order chi connectivity index (χ1) is 10.7. The summed E-state index contributed by atoms with van der Waals surface area (Å²) in [5.74, 6) is 0.405. The quantitative estimate of drug-likeness (QED) is 0.797. The van der Waals surface area contributed by atoms with E-state index in [4.69, 9.17) is 4.74 Å². The van der Waals surface area contributed by atoms with Crippen LogP contribution in [-0.4, -0.2) is 39.7 Å². The highest BCUT2D eigenvalue weighted by molar-refractivity contribution is 8.14. The Morgan fingerprint density at radius 2 is 2.04 bits per heavy atom. The van der Waals surface area contributed by atoms with Crippen LogP contribution in [0.5, 0.6) is 0 Å². The van der Waals surface area contributed by atoms with Crippen LogP contribution in [0.4, 0.5) is 0 Å². The molecule has 1 aliphatic heterocycles. The number of aromatic amines is 1. The van der Waals surface area contributed by atoms with E-state index in [0.29, 0.717) is 17.9 Å². The van der Waals surface area contributed by atoms with E-state index in [1.54, 1.807) is 18.7 Å². The Hall–Kier alpha value is -1.47. The van der Waals surface area contributed by atoms with E-state index in [1.807, 2.05) is 34.6 Å². The average Bonchev–Trinajstić information content (AvgIpc) is 2.73. The fourth-order valence-corrected chi connectivity index (χ4v) is 3.29. The van der Waals surface area contributed by atoms with Crippen LogP contribution in [0.3, 0.4) is 0 Å². The number of thioether (sulfide) groups is 1. The Kier molecular flexibility index (Phi) is 6.92. The maximum absolute atomic E-state index is 12.1. The second-order valence-corrected chi connectivity index (χ2v) is 7.36. The Morgan fingerprint density at radius 3 is 2.54 bits per heavy atom. The standard InChI is InChI=1S/C16H24N4O2S.ClH/c1-7-22-14(21)12-9(2)13(17-10(12)3)11-8-23-15(20-19-11)18-16(4,5)6;/h17H,7-8H2,1-6H3,(H,18,20);1H. The molecule has 1 aromatic rings. The van der Waals surface area contributed by atoms with E-state index >= 15 is 0 Å². The van der Waals surface area contributed by atoms with Gasteiger partial charge in [-0.3, -0.25) is 10.4 Å². The molecular weight excluding hydrogens is 348 g/mol. The van der Waals surface area contributed by atoms with Crippen LogP contribution in [0, 0.1) is 13.8 Å². The fraction of sp³-hybridized carbons (Fsp3) is 0.562. The summed E-state index contributed by atoms with van der Waals surface area (Å²) in [5, 5.41) is 5.23. The van der Waals surface area contributed by atoms with Crippen molar-refractivity contribution in [2.75, 3.05) is 12.4 Å². The van der Waals surface area contributed by atoms with Crippen LogP contribution in [0.25, 0.3) is 0 Å². The van der Waals surface area contributed by atoms with Gasteiger partial charge in [-0.15, -0.1) is 12.4 Å². The van der Waals surface area contributed by atoms with Gasteiger partial charge >= 0.3 is 5.97 Å². The zero-order valence-electron chi connectivity index (χ0n) is 14.9. The number of hydrazone groups is 1. The lowest BCUT2D eigenvalue weighted by atomic mass is 10.1. The number of halogens is 1. The SMILES string of the molecule is CCOC(=O)c1c(C)[nH]c(C2=NNC(=NC(C)(C)C)SC2)c1C.Cl. The lowest BCUT2D eigenvalue weighted by molar-refractivity contribution is 0.0525. The van der Waals surface area contributed by atoms with Crippen molar-refractivity contribution in [1.82, 2.24) is 10.4 Å². The number of H-pyrrole nitrogens is 1. The van der Waals surface area contributed by atoms with Crippen molar-refractivity contribution in [3.63, 3.8) is 0 Å². The number of aromatic nitrogens is 1. The van der Waals surface area contributed by atoms with E-state index in [9.17, 15) is 4.79 Å². The van der Waals surface area contributed by atoms with Crippen LogP contribution in [-0.2, 0) is 4.74 Å². The molecule has 0 fully saturated rings. The molecule has 6 nitrogen and oxygen atoms in total. The summed E-state index contributed by atoms with van der Waals surface area (Å²) in [6.45, 7) is 12.1. The highest BCUT2D eigenvalue weighted by atomic mass is 35.5. The second-order valence-electron chi connectivity index (χ2n) is 6.39. The van der Waals surface area contributed by atoms with Gasteiger partial charge in [-0.2, -0.15) is 5.10 Å². The maximum Gasteiger partial charge on any atom is 0.340 e. The minimum Gasteiger partial charge on any atom is -0.462 e. The molecule has 1 aromatic heterocycles. The lowest BCUT2D eigenvalue weighted by Crippen LogP contribution is -2.28. The van der Waals surface area contributed by atoms with Gasteiger partial charge in [0.25, 0.3) is 0 Å². The third-order valence-electron chi connectivity index (χ3n) is 3.27. The molecule has 0 spiro atoms. The number of esters is 1. The lowest BCUT2D eigenvalue weighted by Gasteiger charge is -2.19. The molecule has 24 heavy (non-hydrogen) atoms. The first-order valence-corrected chi connectivity index (χ1v) is 8.63. The highest BCUT2D eigenvalue weighted by Gasteiger charge is 2.24. The molecule has 1 aliphatic rings. The molecule has 0 bridgehead atoms. The zero-order chi connectivity index (χ0) is 17.2. The highest BCUT2D eigenvalue weighted by Crippen LogP contribution is 2.23. The van der Waals surface area contributed by atoms with Gasteiger partial charge in [0.2, 0.25) is 0 Å². The number of nitrogens with one attached hydrogen (secondary N) is 2. The van der Waals surface area contributed by atoms with Gasteiger partial charge in [-0.05, 0) is 47.1 Å². The van der Waals surface area contributed by atoms with Crippen LogP contribution in [0.2, 0.25) is 0 Å². The van der Waals surface area contributed by atoms with Crippen LogP contribution >= 0.6 is 24.2 Å². The molecule has 0 unspecified atom stereocenters. The summed E-state index contributed by atoms with van der Waals surface area (Å²) in [7, 11) is 0. The molecule has 2 rings (SSSR count). The van der Waals surface area contributed by atoms with Gasteiger partial charge < -0.3 is 9.72 Å². The first-order valence-electron chi connectivity index (χ1n) is 7.64. The third-order valence-corrected chi connectivity index (χ3v) is 4.15. The van der Waals surface area contributed by atoms with Crippen molar-refractivity contribution in [3.05, 3.63) is 22.5 Å². The molecule has 2 heterocycles. The van der Waals surface area contributed by atoms with E-state index < -0.39 is 0 Å². The monoisotopic (exact) mass is 372 g/mol. The Labute approximate surface area is 153 Å². The molecule has 0 atom stereocenters. The number of aliphatic imine (C=N–C) groups is 1. The van der Waals surface area contributed by atoms with Gasteiger partial charge in [-0.25, -0.2) is 4.79 Å². The van der Waals surface area contributed by atoms with Gasteiger partial charge in [-0.1, -0.05) is 11.8 Å². The largest absolute Gasteiger partial charge is 0.462 e. The van der Waals surface area contributed by atoms with E-state index in [0.717, 1.165) is 27.8 Å². The van der Waals surface area contributed by atoms with Crippen LogP contribution in [0.15, 0.2) is 10.1 Å². The van der Waals surface area contributed by atoms with Crippen molar-refractivity contribution in [3.8, 4) is 0 Å². The normalized spacial score (nSPS) is 16.2. The molecule has 0 saturated heterocycles. The number of ether oxygens (including phenoxy) is 1. The first kappa shape index (κ1) is 20.6. The van der Waals surface area contributed by atoms with Crippen LogP contribution in [0.1, 0.15) is 55.0 Å². The van der Waals surface area contributed by atoms with Crippen molar-refractivity contribution in [2.24, 2.45) is 10.1 Å². The van der Waals surface area contributed by atoms with Crippen molar-refractivity contribution >= 4 is 41.0 Å². The zero-order valence-corrected chi connectivity index (χ0v) is 16.6. The minimum absolute atomic E-state index is 0. The molecule has 134 valence electrons. The van der Waals surface area contributed by atoms with Crippen molar-refractivity contribution in [2.45, 2.75) is 47.1 Å². The molecule has 0 radical (unpaired) electrons. The maximum atomic E-state index is 12.1. The van der Waals surface area contributed by atoms with Gasteiger partial charge in [0.1, 0.15) is 0 Å².